The highest BCUT2D eigenvalue weighted by atomic mass is 32.2. The predicted octanol–water partition coefficient (Wildman–Crippen LogP) is 2.90. The highest BCUT2D eigenvalue weighted by Crippen LogP contribution is 2.22. The first-order valence-electron chi connectivity index (χ1n) is 8.63. The minimum absolute atomic E-state index is 0.184. The molecule has 146 valence electrons. The van der Waals surface area contributed by atoms with Crippen LogP contribution in [0.25, 0.3) is 0 Å². The van der Waals surface area contributed by atoms with Crippen molar-refractivity contribution in [2.45, 2.75) is 26.8 Å². The van der Waals surface area contributed by atoms with Gasteiger partial charge in [-0.15, -0.1) is 0 Å². The molecule has 0 aliphatic carbocycles. The van der Waals surface area contributed by atoms with Crippen LogP contribution < -0.4 is 14.4 Å². The molecule has 7 heteroatoms. The van der Waals surface area contributed by atoms with Crippen molar-refractivity contribution in [3.63, 3.8) is 0 Å². The highest BCUT2D eigenvalue weighted by Gasteiger charge is 2.17. The lowest BCUT2D eigenvalue weighted by Gasteiger charge is -2.20. The van der Waals surface area contributed by atoms with Gasteiger partial charge < -0.3 is 10.1 Å². The van der Waals surface area contributed by atoms with Gasteiger partial charge in [-0.2, -0.15) is 0 Å². The molecular formula is C20H26N2O4S. The van der Waals surface area contributed by atoms with E-state index in [4.69, 9.17) is 4.74 Å². The lowest BCUT2D eigenvalue weighted by Crippen LogP contribution is -2.37. The first-order chi connectivity index (χ1) is 12.6. The maximum absolute atomic E-state index is 12.5. The topological polar surface area (TPSA) is 75.7 Å². The van der Waals surface area contributed by atoms with E-state index in [9.17, 15) is 13.2 Å². The number of anilines is 1. The molecule has 1 N–H and O–H groups in total. The third-order valence-electron chi connectivity index (χ3n) is 4.26. The Morgan fingerprint density at radius 2 is 1.81 bits per heavy atom. The number of sulfonamides is 1. The monoisotopic (exact) mass is 390 g/mol. The number of rotatable bonds is 7. The molecule has 0 saturated heterocycles. The molecule has 0 aliphatic rings. The largest absolute Gasteiger partial charge is 0.491 e. The van der Waals surface area contributed by atoms with E-state index in [2.05, 4.69) is 5.32 Å². The molecule has 0 unspecified atom stereocenters. The average Bonchev–Trinajstić information content (AvgIpc) is 2.59. The zero-order chi connectivity index (χ0) is 20.2. The molecule has 27 heavy (non-hydrogen) atoms. The van der Waals surface area contributed by atoms with Crippen LogP contribution in [-0.4, -0.2) is 40.3 Å². The van der Waals surface area contributed by atoms with Crippen LogP contribution in [0.3, 0.4) is 0 Å². The van der Waals surface area contributed by atoms with Crippen LogP contribution >= 0.6 is 0 Å². The number of nitrogens with one attached hydrogen (secondary N) is 1. The van der Waals surface area contributed by atoms with Gasteiger partial charge in [0.2, 0.25) is 10.0 Å². The molecule has 0 aliphatic heterocycles. The second-order valence-electron chi connectivity index (χ2n) is 6.68. The van der Waals surface area contributed by atoms with E-state index in [1.807, 2.05) is 38.1 Å². The zero-order valence-electron chi connectivity index (χ0n) is 16.3. The fourth-order valence-corrected chi connectivity index (χ4v) is 3.17. The normalized spacial score (nSPS) is 12.3. The number of para-hydroxylation sites is 1. The summed E-state index contributed by atoms with van der Waals surface area (Å²) in [5, 5.41) is 2.90. The number of benzene rings is 2. The number of hydrogen-bond acceptors (Lipinski definition) is 4. The molecule has 0 saturated carbocycles. The van der Waals surface area contributed by atoms with E-state index in [1.165, 1.54) is 11.4 Å². The van der Waals surface area contributed by atoms with Gasteiger partial charge in [0, 0.05) is 12.6 Å². The van der Waals surface area contributed by atoms with Gasteiger partial charge >= 0.3 is 0 Å². The molecule has 1 atom stereocenters. The second-order valence-corrected chi connectivity index (χ2v) is 8.70. The Labute approximate surface area is 161 Å². The Morgan fingerprint density at radius 3 is 2.41 bits per heavy atom. The van der Waals surface area contributed by atoms with E-state index in [0.29, 0.717) is 23.4 Å². The van der Waals surface area contributed by atoms with Crippen molar-refractivity contribution >= 4 is 21.6 Å². The van der Waals surface area contributed by atoms with Crippen molar-refractivity contribution < 1.29 is 17.9 Å². The predicted molar refractivity (Wildman–Crippen MR) is 108 cm³/mol. The van der Waals surface area contributed by atoms with Crippen molar-refractivity contribution in [3.05, 3.63) is 59.2 Å². The highest BCUT2D eigenvalue weighted by molar-refractivity contribution is 7.92. The Bertz CT molecular complexity index is 925. The van der Waals surface area contributed by atoms with Gasteiger partial charge in [-0.05, 0) is 56.2 Å². The Hall–Kier alpha value is -2.54. The summed E-state index contributed by atoms with van der Waals surface area (Å²) in [6, 6.07) is 12.5. The van der Waals surface area contributed by atoms with Crippen LogP contribution in [0.1, 0.15) is 28.4 Å². The molecular weight excluding hydrogens is 364 g/mol. The smallest absolute Gasteiger partial charge is 0.251 e. The van der Waals surface area contributed by atoms with Crippen LogP contribution in [0.15, 0.2) is 42.5 Å². The summed E-state index contributed by atoms with van der Waals surface area (Å²) < 4.78 is 30.3. The van der Waals surface area contributed by atoms with Gasteiger partial charge in [0.1, 0.15) is 12.4 Å². The first-order valence-corrected chi connectivity index (χ1v) is 10.5. The molecule has 0 fully saturated rings. The molecule has 0 bridgehead atoms. The Balaban J connectivity index is 2.01. The summed E-state index contributed by atoms with van der Waals surface area (Å²) in [4.78, 5) is 12.5. The number of carbonyl (C=O) groups is 1. The molecule has 2 aromatic rings. The number of nitrogens with zero attached hydrogens (tertiary/aromatic N) is 1. The number of carbonyl (C=O) groups excluding carboxylic acids is 1. The van der Waals surface area contributed by atoms with Gasteiger partial charge in [0.25, 0.3) is 5.91 Å². The molecule has 0 spiro atoms. The standard InChI is InChI=1S/C20H26N2O4S/c1-14-8-6-7-9-19(14)26-13-16(3)21-20(23)17-10-11-18(15(2)12-17)22(4)27(5,24)25/h6-12,16H,13H2,1-5H3,(H,21,23)/t16-/m1/s1. The molecule has 6 nitrogen and oxygen atoms in total. The van der Waals surface area contributed by atoms with E-state index in [0.717, 1.165) is 17.6 Å². The first kappa shape index (κ1) is 20.8. The van der Waals surface area contributed by atoms with Crippen molar-refractivity contribution in [2.24, 2.45) is 0 Å². The summed E-state index contributed by atoms with van der Waals surface area (Å²) in [6.07, 6.45) is 1.14. The summed E-state index contributed by atoms with van der Waals surface area (Å²) >= 11 is 0. The summed E-state index contributed by atoms with van der Waals surface area (Å²) in [7, 11) is -1.86. The summed E-state index contributed by atoms with van der Waals surface area (Å²) in [5.74, 6) is 0.565. The Morgan fingerprint density at radius 1 is 1.15 bits per heavy atom. The average molecular weight is 391 g/mol. The van der Waals surface area contributed by atoms with E-state index >= 15 is 0 Å². The number of aryl methyl sites for hydroxylation is 2. The minimum Gasteiger partial charge on any atom is -0.491 e. The van der Waals surface area contributed by atoms with Gasteiger partial charge in [-0.1, -0.05) is 18.2 Å². The third kappa shape index (κ3) is 5.47. The van der Waals surface area contributed by atoms with Crippen molar-refractivity contribution in [1.82, 2.24) is 5.32 Å². The van der Waals surface area contributed by atoms with Crippen molar-refractivity contribution in [2.75, 3.05) is 24.2 Å². The second kappa shape index (κ2) is 8.43. The van der Waals surface area contributed by atoms with Crippen LogP contribution in [0.2, 0.25) is 0 Å². The van der Waals surface area contributed by atoms with Crippen LogP contribution in [0.4, 0.5) is 5.69 Å². The van der Waals surface area contributed by atoms with Gasteiger partial charge in [0.05, 0.1) is 18.0 Å². The number of amides is 1. The molecule has 2 rings (SSSR count). The van der Waals surface area contributed by atoms with E-state index < -0.39 is 10.0 Å². The lowest BCUT2D eigenvalue weighted by atomic mass is 10.1. The lowest BCUT2D eigenvalue weighted by molar-refractivity contribution is 0.0926. The SMILES string of the molecule is Cc1ccccc1OC[C@@H](C)NC(=O)c1ccc(N(C)S(C)(=O)=O)c(C)c1. The van der Waals surface area contributed by atoms with Crippen molar-refractivity contribution in [1.29, 1.82) is 0 Å². The van der Waals surface area contributed by atoms with Gasteiger partial charge in [0.15, 0.2) is 0 Å². The van der Waals surface area contributed by atoms with Crippen molar-refractivity contribution in [3.8, 4) is 5.75 Å². The molecule has 0 heterocycles. The maximum Gasteiger partial charge on any atom is 0.251 e. The van der Waals surface area contributed by atoms with E-state index in [-0.39, 0.29) is 11.9 Å². The van der Waals surface area contributed by atoms with Gasteiger partial charge in [-0.25, -0.2) is 8.42 Å². The van der Waals surface area contributed by atoms with Crippen LogP contribution in [0.5, 0.6) is 5.75 Å². The van der Waals surface area contributed by atoms with Crippen LogP contribution in [-0.2, 0) is 10.0 Å². The van der Waals surface area contributed by atoms with Gasteiger partial charge in [-0.3, -0.25) is 9.10 Å². The minimum atomic E-state index is -3.35. The number of hydrogen-bond donors (Lipinski definition) is 1. The fourth-order valence-electron chi connectivity index (χ4n) is 2.61. The summed E-state index contributed by atoms with van der Waals surface area (Å²) in [6.45, 7) is 5.97. The fraction of sp³-hybridized carbons (Fsp3) is 0.350. The third-order valence-corrected chi connectivity index (χ3v) is 5.45. The zero-order valence-corrected chi connectivity index (χ0v) is 17.1. The Kier molecular flexibility index (Phi) is 6.49. The molecule has 2 aromatic carbocycles. The number of ether oxygens (including phenoxy) is 1. The van der Waals surface area contributed by atoms with E-state index in [1.54, 1.807) is 25.1 Å². The molecule has 0 aromatic heterocycles. The van der Waals surface area contributed by atoms with Crippen LogP contribution in [0, 0.1) is 13.8 Å². The molecule has 1 amide bonds. The molecule has 0 radical (unpaired) electrons. The summed E-state index contributed by atoms with van der Waals surface area (Å²) in [5.41, 5.74) is 2.77. The maximum atomic E-state index is 12.5. The quantitative estimate of drug-likeness (QED) is 0.789.